The van der Waals surface area contributed by atoms with Gasteiger partial charge in [-0.1, -0.05) is 6.58 Å². The molecular weight excluding hydrogens is 313 g/mol. The predicted molar refractivity (Wildman–Crippen MR) is 81.6 cm³/mol. The summed E-state index contributed by atoms with van der Waals surface area (Å²) in [6, 6.07) is 4.72. The molecule has 0 amide bonds. The van der Waals surface area contributed by atoms with Crippen LogP contribution >= 0.6 is 11.3 Å². The number of benzene rings is 1. The maximum Gasteiger partial charge on any atom is 0.416 e. The van der Waals surface area contributed by atoms with Gasteiger partial charge in [-0.3, -0.25) is 0 Å². The SMILES string of the molecule is C=C(O)C(C)(C)c1csc(Nc2ccc(C(F)(F)F)cc2)n1. The number of hydrogen-bond acceptors (Lipinski definition) is 4. The molecular formula is C15H15F3N2OS. The molecule has 1 aromatic carbocycles. The number of anilines is 2. The van der Waals surface area contributed by atoms with Crippen LogP contribution in [0.2, 0.25) is 0 Å². The number of nitrogens with one attached hydrogen (secondary N) is 1. The molecule has 1 heterocycles. The van der Waals surface area contributed by atoms with E-state index in [4.69, 9.17) is 0 Å². The van der Waals surface area contributed by atoms with Crippen LogP contribution in [0, 0.1) is 0 Å². The van der Waals surface area contributed by atoms with Crippen LogP contribution in [0.1, 0.15) is 25.1 Å². The molecule has 0 saturated heterocycles. The quantitative estimate of drug-likeness (QED) is 0.753. The van der Waals surface area contributed by atoms with Gasteiger partial charge in [0.1, 0.15) is 0 Å². The van der Waals surface area contributed by atoms with E-state index in [1.54, 1.807) is 19.2 Å². The summed E-state index contributed by atoms with van der Waals surface area (Å²) in [4.78, 5) is 4.33. The number of rotatable bonds is 4. The molecule has 2 rings (SSSR count). The van der Waals surface area contributed by atoms with Crippen molar-refractivity contribution in [3.8, 4) is 0 Å². The van der Waals surface area contributed by atoms with E-state index in [2.05, 4.69) is 16.9 Å². The minimum atomic E-state index is -4.35. The fraction of sp³-hybridized carbons (Fsp3) is 0.267. The van der Waals surface area contributed by atoms with Crippen LogP contribution in [0.5, 0.6) is 0 Å². The van der Waals surface area contributed by atoms with Crippen LogP contribution in [0.15, 0.2) is 42.0 Å². The first-order chi connectivity index (χ1) is 10.1. The lowest BCUT2D eigenvalue weighted by atomic mass is 9.88. The molecule has 0 saturated carbocycles. The highest BCUT2D eigenvalue weighted by atomic mass is 32.1. The molecule has 0 atom stereocenters. The van der Waals surface area contributed by atoms with Gasteiger partial charge in [-0.05, 0) is 38.1 Å². The molecule has 7 heteroatoms. The number of aliphatic hydroxyl groups excluding tert-OH is 1. The molecule has 0 aliphatic heterocycles. The van der Waals surface area contributed by atoms with Crippen LogP contribution in [0.25, 0.3) is 0 Å². The lowest BCUT2D eigenvalue weighted by Crippen LogP contribution is -2.19. The smallest absolute Gasteiger partial charge is 0.416 e. The maximum atomic E-state index is 12.5. The van der Waals surface area contributed by atoms with Crippen LogP contribution in [0.3, 0.4) is 0 Å². The number of allylic oxidation sites excluding steroid dienone is 1. The molecule has 0 fully saturated rings. The van der Waals surface area contributed by atoms with Gasteiger partial charge in [-0.25, -0.2) is 4.98 Å². The highest BCUT2D eigenvalue weighted by Gasteiger charge is 2.30. The van der Waals surface area contributed by atoms with Crippen LogP contribution < -0.4 is 5.32 Å². The molecule has 0 aliphatic rings. The number of thiazole rings is 1. The topological polar surface area (TPSA) is 45.1 Å². The number of aromatic nitrogens is 1. The van der Waals surface area contributed by atoms with Gasteiger partial charge in [0.15, 0.2) is 5.13 Å². The average molecular weight is 328 g/mol. The van der Waals surface area contributed by atoms with E-state index in [1.165, 1.54) is 23.5 Å². The first kappa shape index (κ1) is 16.4. The Kier molecular flexibility index (Phi) is 4.19. The Labute approximate surface area is 130 Å². The van der Waals surface area contributed by atoms with Crippen molar-refractivity contribution in [1.29, 1.82) is 0 Å². The van der Waals surface area contributed by atoms with Crippen LogP contribution in [0.4, 0.5) is 24.0 Å². The number of hydrogen-bond donors (Lipinski definition) is 2. The highest BCUT2D eigenvalue weighted by molar-refractivity contribution is 7.13. The standard InChI is InChI=1S/C15H15F3N2OS/c1-9(21)14(2,3)12-8-22-13(20-12)19-11-6-4-10(5-7-11)15(16,17)18/h4-8,21H,1H2,2-3H3,(H,19,20). The van der Waals surface area contributed by atoms with Gasteiger partial charge < -0.3 is 10.4 Å². The summed E-state index contributed by atoms with van der Waals surface area (Å²) in [5.41, 5.74) is -0.235. The third-order valence-corrected chi connectivity index (χ3v) is 4.09. The molecule has 2 aromatic rings. The molecule has 0 radical (unpaired) electrons. The number of halogens is 3. The summed E-state index contributed by atoms with van der Waals surface area (Å²) >= 11 is 1.30. The molecule has 0 unspecified atom stereocenters. The molecule has 22 heavy (non-hydrogen) atoms. The number of alkyl halides is 3. The van der Waals surface area contributed by atoms with Crippen molar-refractivity contribution in [1.82, 2.24) is 4.98 Å². The third kappa shape index (κ3) is 3.41. The Bertz CT molecular complexity index is 675. The largest absolute Gasteiger partial charge is 0.512 e. The Morgan fingerprint density at radius 3 is 2.32 bits per heavy atom. The fourth-order valence-electron chi connectivity index (χ4n) is 1.63. The predicted octanol–water partition coefficient (Wildman–Crippen LogP) is 5.25. The monoisotopic (exact) mass is 328 g/mol. The molecule has 0 spiro atoms. The van der Waals surface area contributed by atoms with Crippen LogP contribution in [-0.2, 0) is 11.6 Å². The van der Waals surface area contributed by atoms with E-state index in [0.717, 1.165) is 12.1 Å². The fourth-order valence-corrected chi connectivity index (χ4v) is 2.53. The van der Waals surface area contributed by atoms with Crippen molar-refractivity contribution in [2.24, 2.45) is 0 Å². The number of aliphatic hydroxyl groups is 1. The van der Waals surface area contributed by atoms with E-state index >= 15 is 0 Å². The van der Waals surface area contributed by atoms with E-state index < -0.39 is 17.2 Å². The van der Waals surface area contributed by atoms with Crippen molar-refractivity contribution in [3.63, 3.8) is 0 Å². The van der Waals surface area contributed by atoms with Gasteiger partial charge in [0.05, 0.1) is 22.4 Å². The molecule has 3 nitrogen and oxygen atoms in total. The second-order valence-electron chi connectivity index (χ2n) is 5.31. The summed E-state index contributed by atoms with van der Waals surface area (Å²) in [6.45, 7) is 7.09. The van der Waals surface area contributed by atoms with Crippen molar-refractivity contribution in [2.45, 2.75) is 25.4 Å². The van der Waals surface area contributed by atoms with Crippen LogP contribution in [-0.4, -0.2) is 10.1 Å². The lowest BCUT2D eigenvalue weighted by Gasteiger charge is -2.20. The van der Waals surface area contributed by atoms with Gasteiger partial charge in [-0.2, -0.15) is 13.2 Å². The number of nitrogens with zero attached hydrogens (tertiary/aromatic N) is 1. The Morgan fingerprint density at radius 1 is 1.23 bits per heavy atom. The molecule has 2 N–H and O–H groups in total. The zero-order valence-electron chi connectivity index (χ0n) is 12.0. The van der Waals surface area contributed by atoms with Crippen molar-refractivity contribution in [3.05, 3.63) is 53.2 Å². The normalized spacial score (nSPS) is 12.2. The van der Waals surface area contributed by atoms with E-state index in [0.29, 0.717) is 16.5 Å². The zero-order chi connectivity index (χ0) is 16.5. The molecule has 0 aliphatic carbocycles. The van der Waals surface area contributed by atoms with E-state index in [1.807, 2.05) is 0 Å². The third-order valence-electron chi connectivity index (χ3n) is 3.33. The molecule has 0 bridgehead atoms. The van der Waals surface area contributed by atoms with Crippen molar-refractivity contribution < 1.29 is 18.3 Å². The second kappa shape index (κ2) is 5.64. The highest BCUT2D eigenvalue weighted by Crippen LogP contribution is 2.33. The molecule has 1 aromatic heterocycles. The van der Waals surface area contributed by atoms with Crippen molar-refractivity contribution >= 4 is 22.2 Å². The minimum Gasteiger partial charge on any atom is -0.512 e. The van der Waals surface area contributed by atoms with Gasteiger partial charge in [0.2, 0.25) is 0 Å². The van der Waals surface area contributed by atoms with E-state index in [9.17, 15) is 18.3 Å². The van der Waals surface area contributed by atoms with Crippen molar-refractivity contribution in [2.75, 3.05) is 5.32 Å². The summed E-state index contributed by atoms with van der Waals surface area (Å²) in [6.07, 6.45) is -4.35. The average Bonchev–Trinajstić information content (AvgIpc) is 2.87. The first-order valence-corrected chi connectivity index (χ1v) is 7.27. The summed E-state index contributed by atoms with van der Waals surface area (Å²) < 4.78 is 37.5. The Balaban J connectivity index is 2.15. The summed E-state index contributed by atoms with van der Waals surface area (Å²) in [5, 5.41) is 14.8. The minimum absolute atomic E-state index is 0.00104. The first-order valence-electron chi connectivity index (χ1n) is 6.39. The zero-order valence-corrected chi connectivity index (χ0v) is 12.8. The van der Waals surface area contributed by atoms with Gasteiger partial charge in [-0.15, -0.1) is 11.3 Å². The Morgan fingerprint density at radius 2 is 1.82 bits per heavy atom. The summed E-state index contributed by atoms with van der Waals surface area (Å²) in [7, 11) is 0. The van der Waals surface area contributed by atoms with Gasteiger partial charge in [0.25, 0.3) is 0 Å². The molecule has 118 valence electrons. The second-order valence-corrected chi connectivity index (χ2v) is 6.17. The van der Waals surface area contributed by atoms with E-state index in [-0.39, 0.29) is 5.76 Å². The Hall–Kier alpha value is -2.02. The summed E-state index contributed by atoms with van der Waals surface area (Å²) in [5.74, 6) is -0.00104. The lowest BCUT2D eigenvalue weighted by molar-refractivity contribution is -0.137. The van der Waals surface area contributed by atoms with Gasteiger partial charge >= 0.3 is 6.18 Å². The van der Waals surface area contributed by atoms with Gasteiger partial charge in [0, 0.05) is 11.1 Å². The maximum absolute atomic E-state index is 12.5.